The summed E-state index contributed by atoms with van der Waals surface area (Å²) in [7, 11) is -0.411. The van der Waals surface area contributed by atoms with E-state index >= 15 is 0 Å². The van der Waals surface area contributed by atoms with Gasteiger partial charge in [0.05, 0.1) is 20.4 Å². The molecule has 0 saturated heterocycles. The summed E-state index contributed by atoms with van der Waals surface area (Å²) in [5.74, 6) is 0. The van der Waals surface area contributed by atoms with E-state index in [2.05, 4.69) is 86.6 Å². The van der Waals surface area contributed by atoms with E-state index < -0.39 is 17.6 Å². The maximum Gasteiger partial charge on any atom is 0.501 e. The number of hydrogen-bond acceptors (Lipinski definition) is 13. The van der Waals surface area contributed by atoms with Crippen molar-refractivity contribution >= 4 is 92.1 Å². The molecule has 0 bridgehead atoms. The smallest absolute Gasteiger partial charge is 0.374 e. The quantitative estimate of drug-likeness (QED) is 0.0430. The summed E-state index contributed by atoms with van der Waals surface area (Å²) in [6.07, 6.45) is 1.51. The topological polar surface area (TPSA) is 81.2 Å². The Hall–Kier alpha value is -2.10. The van der Waals surface area contributed by atoms with E-state index in [9.17, 15) is 0 Å². The van der Waals surface area contributed by atoms with Gasteiger partial charge >= 0.3 is 17.6 Å². The zero-order valence-corrected chi connectivity index (χ0v) is 41.5. The van der Waals surface area contributed by atoms with Crippen molar-refractivity contribution in [3.63, 3.8) is 0 Å². The van der Waals surface area contributed by atoms with Gasteiger partial charge in [0.25, 0.3) is 0 Å². The molecule has 59 heavy (non-hydrogen) atoms. The lowest BCUT2D eigenvalue weighted by molar-refractivity contribution is 0.0706. The first-order valence-electron chi connectivity index (χ1n) is 20.5. The van der Waals surface area contributed by atoms with Gasteiger partial charge in [0.15, 0.2) is 0 Å². The van der Waals surface area contributed by atoms with Gasteiger partial charge < -0.3 is 26.6 Å². The molecule has 0 N–H and O–H groups in total. The number of hydrogen-bond donors (Lipinski definition) is 0. The molecule has 6 rings (SSSR count). The fourth-order valence-electron chi connectivity index (χ4n) is 7.19. The number of nitrogens with zero attached hydrogens (tertiary/aromatic N) is 2. The molecule has 6 aromatic rings. The molecule has 0 atom stereocenters. The van der Waals surface area contributed by atoms with Crippen LogP contribution >= 0.6 is 54.1 Å². The van der Waals surface area contributed by atoms with Crippen molar-refractivity contribution in [2.24, 2.45) is 0 Å². The van der Waals surface area contributed by atoms with Crippen LogP contribution < -0.4 is 0 Å². The summed E-state index contributed by atoms with van der Waals surface area (Å²) < 4.78 is 40.3. The minimum Gasteiger partial charge on any atom is -0.374 e. The van der Waals surface area contributed by atoms with Crippen molar-refractivity contribution < 1.29 is 26.6 Å². The number of thiazole rings is 2. The van der Waals surface area contributed by atoms with E-state index in [0.29, 0.717) is 51.7 Å². The summed E-state index contributed by atoms with van der Waals surface area (Å²) in [5.41, 5.74) is 9.23. The highest BCUT2D eigenvalue weighted by atomic mass is 33.5. The number of para-hydroxylation sites is 2. The third-order valence-electron chi connectivity index (χ3n) is 9.73. The monoisotopic (exact) mass is 924 g/mol. The number of aromatic nitrogens is 2. The van der Waals surface area contributed by atoms with Gasteiger partial charge in [0.1, 0.15) is 10.0 Å². The number of fused-ring (bicyclic) bond motifs is 2. The second-order valence-electron chi connectivity index (χ2n) is 13.7. The van der Waals surface area contributed by atoms with Crippen LogP contribution in [0.5, 0.6) is 0 Å². The molecular weight excluding hydrogens is 869 g/mol. The minimum absolute atomic E-state index is 0.546. The molecule has 15 heteroatoms. The van der Waals surface area contributed by atoms with Crippen LogP contribution in [0.25, 0.3) is 41.6 Å². The summed E-state index contributed by atoms with van der Waals surface area (Å²) >= 11 is 3.50. The average Bonchev–Trinajstić information content (AvgIpc) is 3.85. The van der Waals surface area contributed by atoms with Gasteiger partial charge in [-0.3, -0.25) is 0 Å². The van der Waals surface area contributed by atoms with E-state index in [1.807, 2.05) is 41.5 Å². The van der Waals surface area contributed by atoms with Crippen LogP contribution in [0.2, 0.25) is 12.1 Å². The van der Waals surface area contributed by atoms with Gasteiger partial charge in [0.2, 0.25) is 0 Å². The lowest BCUT2D eigenvalue weighted by Gasteiger charge is -2.29. The number of aryl methyl sites for hydroxylation is 4. The first-order chi connectivity index (χ1) is 28.7. The summed E-state index contributed by atoms with van der Waals surface area (Å²) in [4.78, 5) is 12.8. The molecule has 0 amide bonds. The van der Waals surface area contributed by atoms with E-state index in [1.165, 1.54) is 52.6 Å². The Morgan fingerprint density at radius 3 is 1.19 bits per heavy atom. The fraction of sp³-hybridized carbons (Fsp3) is 0.409. The maximum absolute atomic E-state index is 6.32. The van der Waals surface area contributed by atoms with Crippen molar-refractivity contribution in [2.75, 3.05) is 39.6 Å². The van der Waals surface area contributed by atoms with Crippen LogP contribution in [0.4, 0.5) is 0 Å². The number of rotatable bonds is 24. The predicted molar refractivity (Wildman–Crippen MR) is 257 cm³/mol. The van der Waals surface area contributed by atoms with E-state index in [1.54, 1.807) is 54.1 Å². The van der Waals surface area contributed by atoms with E-state index in [0.717, 1.165) is 33.9 Å². The molecule has 2 aromatic heterocycles. The molecule has 0 aliphatic rings. The largest absolute Gasteiger partial charge is 0.501 e. The second kappa shape index (κ2) is 22.3. The third kappa shape index (κ3) is 11.3. The Bertz CT molecular complexity index is 2030. The fourth-order valence-corrected chi connectivity index (χ4v) is 19.2. The van der Waals surface area contributed by atoms with Gasteiger partial charge in [0, 0.05) is 72.6 Å². The van der Waals surface area contributed by atoms with Gasteiger partial charge in [-0.2, -0.15) is 0 Å². The standard InChI is InChI=1S/C44H56N2O6S5Si2/c1-9-47-58(48-10-2,49-11-3)29-27-33-25-23-31(7)39(43-45-35-19-15-17-21-37(35)53-43)41(33)55-57-56-42-34(28-30-59(50-12-4,51-13-5)52-14-6)26-24-32(8)40(42)44-46-36-20-16-18-22-38(36)54-44/h15-26H,9-14,27-30H2,1-8H3. The Kier molecular flexibility index (Phi) is 17.6. The van der Waals surface area contributed by atoms with E-state index in [4.69, 9.17) is 36.5 Å². The van der Waals surface area contributed by atoms with Gasteiger partial charge in [-0.1, -0.05) is 48.5 Å². The van der Waals surface area contributed by atoms with E-state index in [-0.39, 0.29) is 0 Å². The Labute approximate surface area is 372 Å². The van der Waals surface area contributed by atoms with Crippen molar-refractivity contribution in [1.82, 2.24) is 9.97 Å². The van der Waals surface area contributed by atoms with Crippen LogP contribution in [0.1, 0.15) is 63.8 Å². The highest BCUT2D eigenvalue weighted by molar-refractivity contribution is 9.09. The molecule has 0 radical (unpaired) electrons. The van der Waals surface area contributed by atoms with Gasteiger partial charge in [-0.25, -0.2) is 9.97 Å². The first kappa shape index (κ1) is 46.4. The zero-order valence-electron chi connectivity index (χ0n) is 35.4. The van der Waals surface area contributed by atoms with Crippen LogP contribution in [-0.2, 0) is 39.4 Å². The van der Waals surface area contributed by atoms with Crippen LogP contribution in [0.3, 0.4) is 0 Å². The lowest BCUT2D eigenvalue weighted by Crippen LogP contribution is -2.46. The van der Waals surface area contributed by atoms with Crippen LogP contribution in [-0.4, -0.2) is 67.2 Å². The Balaban J connectivity index is 1.41. The summed E-state index contributed by atoms with van der Waals surface area (Å²) in [5, 5.41) is 2.05. The third-order valence-corrected chi connectivity index (χ3v) is 22.0. The van der Waals surface area contributed by atoms with Crippen molar-refractivity contribution in [3.8, 4) is 21.1 Å². The highest BCUT2D eigenvalue weighted by Gasteiger charge is 2.41. The number of benzene rings is 4. The first-order valence-corrected chi connectivity index (χ1v) is 29.5. The molecule has 8 nitrogen and oxygen atoms in total. The van der Waals surface area contributed by atoms with Crippen molar-refractivity contribution in [1.29, 1.82) is 0 Å². The SMILES string of the molecule is CCO[Si](CCc1ccc(C)c(-c2nc3ccccc3s2)c1SSSc1c(CC[Si](OCC)(OCC)OCC)ccc(C)c1-c1nc2ccccc2s1)(OCC)OCC. The van der Waals surface area contributed by atoms with Crippen molar-refractivity contribution in [3.05, 3.63) is 95.1 Å². The summed E-state index contributed by atoms with van der Waals surface area (Å²) in [6.45, 7) is 19.8. The van der Waals surface area contributed by atoms with Crippen LogP contribution in [0, 0.1) is 13.8 Å². The molecule has 2 heterocycles. The van der Waals surface area contributed by atoms with Crippen molar-refractivity contribution in [2.45, 2.75) is 90.1 Å². The average molecular weight is 925 g/mol. The molecule has 0 aliphatic heterocycles. The molecule has 0 aliphatic carbocycles. The molecule has 316 valence electrons. The minimum atomic E-state index is -2.91. The Morgan fingerprint density at radius 1 is 0.492 bits per heavy atom. The van der Waals surface area contributed by atoms with Gasteiger partial charge in [-0.05, 0) is 146 Å². The maximum atomic E-state index is 6.32. The highest BCUT2D eigenvalue weighted by Crippen LogP contribution is 2.54. The normalized spacial score (nSPS) is 12.3. The second-order valence-corrected chi connectivity index (χ2v) is 25.1. The predicted octanol–water partition coefficient (Wildman–Crippen LogP) is 13.5. The molecule has 0 spiro atoms. The zero-order chi connectivity index (χ0) is 41.8. The van der Waals surface area contributed by atoms with Crippen LogP contribution in [0.15, 0.2) is 82.6 Å². The summed E-state index contributed by atoms with van der Waals surface area (Å²) in [6, 6.07) is 27.2. The molecule has 4 aromatic carbocycles. The molecule has 0 unspecified atom stereocenters. The molecule has 0 saturated carbocycles. The molecular formula is C44H56N2O6S5Si2. The lowest BCUT2D eigenvalue weighted by atomic mass is 10.0. The van der Waals surface area contributed by atoms with Gasteiger partial charge in [-0.15, -0.1) is 22.7 Å². The molecule has 0 fully saturated rings. The Morgan fingerprint density at radius 2 is 0.847 bits per heavy atom.